The smallest absolute Gasteiger partial charge is 0.119 e. The molecule has 1 atom stereocenters. The number of methoxy groups -OCH3 is 2. The highest BCUT2D eigenvalue weighted by Crippen LogP contribution is 2.46. The number of hydrogen-bond acceptors (Lipinski definition) is 4. The Kier molecular flexibility index (Phi) is 3.74. The van der Waals surface area contributed by atoms with Crippen molar-refractivity contribution in [1.29, 1.82) is 0 Å². The Balaban J connectivity index is 1.54. The van der Waals surface area contributed by atoms with Crippen molar-refractivity contribution >= 4 is 11.8 Å². The summed E-state index contributed by atoms with van der Waals surface area (Å²) in [5, 5.41) is 0. The van der Waals surface area contributed by atoms with E-state index in [1.807, 2.05) is 13.2 Å². The number of ether oxygens (including phenoxy) is 2. The molecule has 0 aromatic heterocycles. The lowest BCUT2D eigenvalue weighted by Crippen LogP contribution is -2.58. The van der Waals surface area contributed by atoms with E-state index in [4.69, 9.17) is 9.47 Å². The van der Waals surface area contributed by atoms with Crippen LogP contribution >= 0.6 is 11.8 Å². The van der Waals surface area contributed by atoms with Crippen molar-refractivity contribution in [2.24, 2.45) is 0 Å². The van der Waals surface area contributed by atoms with Crippen LogP contribution in [0.2, 0.25) is 0 Å². The summed E-state index contributed by atoms with van der Waals surface area (Å²) in [5.74, 6) is 2.10. The van der Waals surface area contributed by atoms with E-state index in [9.17, 15) is 0 Å². The number of benzene rings is 1. The van der Waals surface area contributed by atoms with Crippen LogP contribution in [-0.4, -0.2) is 48.8 Å². The number of hydrogen-bond donors (Lipinski definition) is 0. The van der Waals surface area contributed by atoms with Gasteiger partial charge >= 0.3 is 0 Å². The summed E-state index contributed by atoms with van der Waals surface area (Å²) in [6.45, 7) is 3.40. The van der Waals surface area contributed by atoms with Gasteiger partial charge in [-0.25, -0.2) is 0 Å². The Morgan fingerprint density at radius 1 is 1.37 bits per heavy atom. The molecule has 0 N–H and O–H groups in total. The molecule has 1 aromatic carbocycles. The molecule has 0 bridgehead atoms. The summed E-state index contributed by atoms with van der Waals surface area (Å²) in [6.07, 6.45) is 1.67. The zero-order chi connectivity index (χ0) is 13.3. The maximum absolute atomic E-state index is 5.47. The lowest BCUT2D eigenvalue weighted by Gasteiger charge is -2.47. The molecule has 0 aliphatic carbocycles. The molecule has 1 spiro atoms. The predicted molar refractivity (Wildman–Crippen MR) is 78.9 cm³/mol. The van der Waals surface area contributed by atoms with E-state index >= 15 is 0 Å². The van der Waals surface area contributed by atoms with E-state index in [0.29, 0.717) is 10.9 Å². The van der Waals surface area contributed by atoms with Crippen molar-refractivity contribution in [2.75, 3.05) is 33.1 Å². The fourth-order valence-corrected chi connectivity index (χ4v) is 4.73. The van der Waals surface area contributed by atoms with Gasteiger partial charge in [-0.2, -0.15) is 0 Å². The molecule has 3 nitrogen and oxygen atoms in total. The fraction of sp³-hybridized carbons (Fsp3) is 0.600. The third-order valence-corrected chi connectivity index (χ3v) is 5.65. The van der Waals surface area contributed by atoms with Gasteiger partial charge in [-0.1, -0.05) is 12.1 Å². The largest absolute Gasteiger partial charge is 0.497 e. The topological polar surface area (TPSA) is 21.7 Å². The lowest BCUT2D eigenvalue weighted by atomic mass is 9.92. The first-order valence-electron chi connectivity index (χ1n) is 6.75. The average Bonchev–Trinajstić information content (AvgIpc) is 2.83. The Morgan fingerprint density at radius 3 is 2.89 bits per heavy atom. The SMILES string of the molecule is COc1cccc(CN2CC3(C[C@H](OC)CS3)C2)c1. The maximum atomic E-state index is 5.47. The van der Waals surface area contributed by atoms with Crippen LogP contribution in [-0.2, 0) is 11.3 Å². The minimum atomic E-state index is 0.462. The summed E-state index contributed by atoms with van der Waals surface area (Å²) < 4.78 is 11.2. The van der Waals surface area contributed by atoms with Crippen LogP contribution in [0.1, 0.15) is 12.0 Å². The second-order valence-corrected chi connectivity index (χ2v) is 7.04. The van der Waals surface area contributed by atoms with Crippen LogP contribution in [0, 0.1) is 0 Å². The molecule has 19 heavy (non-hydrogen) atoms. The van der Waals surface area contributed by atoms with Crippen LogP contribution in [0.15, 0.2) is 24.3 Å². The predicted octanol–water partition coefficient (Wildman–Crippen LogP) is 2.40. The summed E-state index contributed by atoms with van der Waals surface area (Å²) in [4.78, 5) is 2.51. The summed E-state index contributed by atoms with van der Waals surface area (Å²) >= 11 is 2.09. The van der Waals surface area contributed by atoms with E-state index < -0.39 is 0 Å². The number of likely N-dealkylation sites (tertiary alicyclic amines) is 1. The highest BCUT2D eigenvalue weighted by Gasteiger charge is 2.48. The van der Waals surface area contributed by atoms with Gasteiger partial charge in [0.2, 0.25) is 0 Å². The van der Waals surface area contributed by atoms with Crippen molar-refractivity contribution in [3.05, 3.63) is 29.8 Å². The summed E-state index contributed by atoms with van der Waals surface area (Å²) in [6, 6.07) is 8.37. The van der Waals surface area contributed by atoms with Gasteiger partial charge in [0.25, 0.3) is 0 Å². The molecule has 2 aliphatic heterocycles. The molecule has 2 saturated heterocycles. The van der Waals surface area contributed by atoms with Crippen molar-refractivity contribution in [3.63, 3.8) is 0 Å². The minimum Gasteiger partial charge on any atom is -0.497 e. The third kappa shape index (κ3) is 2.76. The van der Waals surface area contributed by atoms with Crippen molar-refractivity contribution < 1.29 is 9.47 Å². The zero-order valence-corrected chi connectivity index (χ0v) is 12.4. The van der Waals surface area contributed by atoms with Gasteiger partial charge < -0.3 is 9.47 Å². The Morgan fingerprint density at radius 2 is 2.21 bits per heavy atom. The first kappa shape index (κ1) is 13.3. The molecule has 2 fully saturated rings. The van der Waals surface area contributed by atoms with Crippen molar-refractivity contribution in [3.8, 4) is 5.75 Å². The minimum absolute atomic E-state index is 0.462. The Hall–Kier alpha value is -0.710. The third-order valence-electron chi connectivity index (χ3n) is 4.07. The van der Waals surface area contributed by atoms with Crippen molar-refractivity contribution in [1.82, 2.24) is 4.90 Å². The van der Waals surface area contributed by atoms with E-state index in [1.54, 1.807) is 7.11 Å². The quantitative estimate of drug-likeness (QED) is 0.843. The maximum Gasteiger partial charge on any atom is 0.119 e. The van der Waals surface area contributed by atoms with Crippen LogP contribution in [0.5, 0.6) is 5.75 Å². The number of thioether (sulfide) groups is 1. The zero-order valence-electron chi connectivity index (χ0n) is 11.6. The van der Waals surface area contributed by atoms with Crippen molar-refractivity contribution in [2.45, 2.75) is 23.8 Å². The standard InChI is InChI=1S/C15H21NO2S/c1-17-13-5-3-4-12(6-13)8-16-10-15(11-16)7-14(18-2)9-19-15/h3-6,14H,7-11H2,1-2H3/t14-/m0/s1. The highest BCUT2D eigenvalue weighted by molar-refractivity contribution is 8.01. The van der Waals surface area contributed by atoms with Crippen LogP contribution in [0.4, 0.5) is 0 Å². The van der Waals surface area contributed by atoms with E-state index in [0.717, 1.165) is 18.0 Å². The van der Waals surface area contributed by atoms with Gasteiger partial charge in [0.15, 0.2) is 0 Å². The van der Waals surface area contributed by atoms with Gasteiger partial charge in [-0.15, -0.1) is 11.8 Å². The first-order valence-corrected chi connectivity index (χ1v) is 7.74. The van der Waals surface area contributed by atoms with Gasteiger partial charge in [0, 0.05) is 37.2 Å². The van der Waals surface area contributed by atoms with Crippen LogP contribution < -0.4 is 4.74 Å². The monoisotopic (exact) mass is 279 g/mol. The molecule has 2 aliphatic rings. The van der Waals surface area contributed by atoms with Gasteiger partial charge in [0.05, 0.1) is 13.2 Å². The highest BCUT2D eigenvalue weighted by atomic mass is 32.2. The molecular weight excluding hydrogens is 258 g/mol. The average molecular weight is 279 g/mol. The molecular formula is C15H21NO2S. The van der Waals surface area contributed by atoms with Crippen LogP contribution in [0.3, 0.4) is 0 Å². The molecule has 3 rings (SSSR count). The Bertz CT molecular complexity index is 446. The molecule has 0 unspecified atom stereocenters. The molecule has 0 amide bonds. The molecule has 104 valence electrons. The molecule has 0 saturated carbocycles. The molecule has 2 heterocycles. The molecule has 0 radical (unpaired) electrons. The summed E-state index contributed by atoms with van der Waals surface area (Å²) in [5.41, 5.74) is 1.33. The Labute approximate surface area is 119 Å². The second kappa shape index (κ2) is 5.35. The number of rotatable bonds is 4. The van der Waals surface area contributed by atoms with Gasteiger partial charge in [-0.3, -0.25) is 4.90 Å². The molecule has 4 heteroatoms. The number of nitrogens with zero attached hydrogens (tertiary/aromatic N) is 1. The fourth-order valence-electron chi connectivity index (χ4n) is 3.08. The molecule has 1 aromatic rings. The van der Waals surface area contributed by atoms with E-state index in [2.05, 4.69) is 34.9 Å². The first-order chi connectivity index (χ1) is 9.23. The lowest BCUT2D eigenvalue weighted by molar-refractivity contribution is 0.0631. The second-order valence-electron chi connectivity index (χ2n) is 5.55. The van der Waals surface area contributed by atoms with E-state index in [-0.39, 0.29) is 0 Å². The normalized spacial score (nSPS) is 25.5. The van der Waals surface area contributed by atoms with Crippen LogP contribution in [0.25, 0.3) is 0 Å². The van der Waals surface area contributed by atoms with E-state index in [1.165, 1.54) is 25.1 Å². The van der Waals surface area contributed by atoms with Gasteiger partial charge in [0.1, 0.15) is 5.75 Å². The van der Waals surface area contributed by atoms with Gasteiger partial charge in [-0.05, 0) is 24.1 Å². The summed E-state index contributed by atoms with van der Waals surface area (Å²) in [7, 11) is 3.55.